The molecule has 112 valence electrons. The molecular weight excluding hydrogens is 256 g/mol. The summed E-state index contributed by atoms with van der Waals surface area (Å²) in [6.07, 6.45) is -0.589. The van der Waals surface area contributed by atoms with Crippen molar-refractivity contribution in [3.63, 3.8) is 0 Å². The lowest BCUT2D eigenvalue weighted by Gasteiger charge is -2.25. The van der Waals surface area contributed by atoms with E-state index < -0.39 is 11.7 Å². The number of anilines is 1. The van der Waals surface area contributed by atoms with Gasteiger partial charge in [0.25, 0.3) is 0 Å². The quantitative estimate of drug-likeness (QED) is 0.744. The number of carbonyl (C=O) groups excluding carboxylic acids is 1. The maximum absolute atomic E-state index is 11.7. The van der Waals surface area contributed by atoms with E-state index in [1.165, 1.54) is 0 Å². The number of carbonyl (C=O) groups is 1. The van der Waals surface area contributed by atoms with Crippen LogP contribution in [0.15, 0.2) is 18.2 Å². The molecule has 1 aromatic carbocycles. The molecule has 3 N–H and O–H groups in total. The zero-order valence-corrected chi connectivity index (χ0v) is 13.0. The minimum atomic E-state index is -0.589. The second-order valence-electron chi connectivity index (χ2n) is 6.23. The third-order valence-electron chi connectivity index (χ3n) is 2.98. The Labute approximate surface area is 120 Å². The van der Waals surface area contributed by atoms with Gasteiger partial charge in [-0.3, -0.25) is 5.32 Å². The maximum Gasteiger partial charge on any atom is 0.412 e. The minimum Gasteiger partial charge on any atom is -0.506 e. The molecule has 0 radical (unpaired) electrons. The first-order chi connectivity index (χ1) is 9.05. The summed E-state index contributed by atoms with van der Waals surface area (Å²) in [5.41, 5.74) is 0.414. The first-order valence-corrected chi connectivity index (χ1v) is 6.57. The summed E-state index contributed by atoms with van der Waals surface area (Å²) in [4.78, 5) is 11.7. The van der Waals surface area contributed by atoms with Gasteiger partial charge in [-0.15, -0.1) is 0 Å². The van der Waals surface area contributed by atoms with Crippen LogP contribution in [-0.4, -0.2) is 23.8 Å². The average molecular weight is 280 g/mol. The monoisotopic (exact) mass is 280 g/mol. The topological polar surface area (TPSA) is 70.6 Å². The molecule has 0 aliphatic heterocycles. The molecule has 0 heterocycles. The Morgan fingerprint density at radius 1 is 1.20 bits per heavy atom. The van der Waals surface area contributed by atoms with E-state index in [9.17, 15) is 9.90 Å². The second kappa shape index (κ2) is 5.71. The first-order valence-electron chi connectivity index (χ1n) is 6.57. The summed E-state index contributed by atoms with van der Waals surface area (Å²) in [6.45, 7) is 9.35. The van der Waals surface area contributed by atoms with Crippen LogP contribution in [0.1, 0.15) is 40.2 Å². The van der Waals surface area contributed by atoms with Crippen molar-refractivity contribution in [1.82, 2.24) is 5.32 Å². The summed E-state index contributed by atoms with van der Waals surface area (Å²) >= 11 is 0. The number of hydrogen-bond donors (Lipinski definition) is 3. The van der Waals surface area contributed by atoms with Gasteiger partial charge < -0.3 is 15.2 Å². The number of hydrogen-bond acceptors (Lipinski definition) is 4. The standard InChI is InChI=1S/C15H24N2O3/c1-14(2,3)20-13(19)17-11-8-7-10(9-12(11)18)15(4,5)16-6/h7-9,16,18H,1-6H3,(H,17,19). The summed E-state index contributed by atoms with van der Waals surface area (Å²) < 4.78 is 5.14. The van der Waals surface area contributed by atoms with Gasteiger partial charge >= 0.3 is 6.09 Å². The Hall–Kier alpha value is -1.75. The molecule has 5 nitrogen and oxygen atoms in total. The van der Waals surface area contributed by atoms with E-state index in [1.807, 2.05) is 27.0 Å². The van der Waals surface area contributed by atoms with Crippen molar-refractivity contribution < 1.29 is 14.6 Å². The number of phenolic OH excluding ortho intramolecular Hbond substituents is 1. The number of aromatic hydroxyl groups is 1. The minimum absolute atomic E-state index is 0.0108. The predicted octanol–water partition coefficient (Wildman–Crippen LogP) is 3.19. The molecular formula is C15H24N2O3. The van der Waals surface area contributed by atoms with E-state index in [0.29, 0.717) is 5.69 Å². The Bertz CT molecular complexity index is 490. The van der Waals surface area contributed by atoms with E-state index >= 15 is 0 Å². The summed E-state index contributed by atoms with van der Waals surface area (Å²) in [6, 6.07) is 5.14. The van der Waals surface area contributed by atoms with Gasteiger partial charge in [0, 0.05) is 5.54 Å². The molecule has 0 saturated carbocycles. The molecule has 1 rings (SSSR count). The number of benzene rings is 1. The van der Waals surface area contributed by atoms with Gasteiger partial charge in [0.2, 0.25) is 0 Å². The smallest absolute Gasteiger partial charge is 0.412 e. The Morgan fingerprint density at radius 2 is 1.80 bits per heavy atom. The highest BCUT2D eigenvalue weighted by molar-refractivity contribution is 5.86. The van der Waals surface area contributed by atoms with Gasteiger partial charge in [-0.2, -0.15) is 0 Å². The van der Waals surface area contributed by atoms with Gasteiger partial charge in [0.15, 0.2) is 0 Å². The number of phenols is 1. The fourth-order valence-electron chi connectivity index (χ4n) is 1.58. The number of rotatable bonds is 3. The zero-order chi connectivity index (χ0) is 15.6. The molecule has 0 spiro atoms. The molecule has 20 heavy (non-hydrogen) atoms. The van der Waals surface area contributed by atoms with Crippen LogP contribution < -0.4 is 10.6 Å². The summed E-state index contributed by atoms with van der Waals surface area (Å²) in [7, 11) is 1.85. The number of ether oxygens (including phenoxy) is 1. The van der Waals surface area contributed by atoms with Crippen LogP contribution in [0.4, 0.5) is 10.5 Å². The number of amides is 1. The van der Waals surface area contributed by atoms with Gasteiger partial charge in [-0.05, 0) is 59.4 Å². The van der Waals surface area contributed by atoms with E-state index in [2.05, 4.69) is 10.6 Å². The summed E-state index contributed by atoms with van der Waals surface area (Å²) in [5.74, 6) is 0.0108. The molecule has 0 atom stereocenters. The van der Waals surface area contributed by atoms with Crippen molar-refractivity contribution >= 4 is 11.8 Å². The lowest BCUT2D eigenvalue weighted by molar-refractivity contribution is 0.0635. The van der Waals surface area contributed by atoms with E-state index in [1.54, 1.807) is 32.9 Å². The Balaban J connectivity index is 2.87. The van der Waals surface area contributed by atoms with Crippen LogP contribution in [0.3, 0.4) is 0 Å². The SMILES string of the molecule is CNC(C)(C)c1ccc(NC(=O)OC(C)(C)C)c(O)c1. The fourth-order valence-corrected chi connectivity index (χ4v) is 1.58. The Kier molecular flexibility index (Phi) is 4.65. The molecule has 0 aliphatic rings. The maximum atomic E-state index is 11.7. The second-order valence-corrected chi connectivity index (χ2v) is 6.23. The molecule has 1 aromatic rings. The zero-order valence-electron chi connectivity index (χ0n) is 13.0. The third-order valence-corrected chi connectivity index (χ3v) is 2.98. The van der Waals surface area contributed by atoms with Crippen LogP contribution in [0.25, 0.3) is 0 Å². The molecule has 0 unspecified atom stereocenters. The van der Waals surface area contributed by atoms with E-state index in [4.69, 9.17) is 4.74 Å². The van der Waals surface area contributed by atoms with Gasteiger partial charge in [-0.1, -0.05) is 6.07 Å². The van der Waals surface area contributed by atoms with Crippen molar-refractivity contribution in [2.24, 2.45) is 0 Å². The van der Waals surface area contributed by atoms with Crippen molar-refractivity contribution in [2.75, 3.05) is 12.4 Å². The van der Waals surface area contributed by atoms with Crippen LogP contribution in [0.2, 0.25) is 0 Å². The van der Waals surface area contributed by atoms with Crippen LogP contribution in [-0.2, 0) is 10.3 Å². The molecule has 1 amide bonds. The van der Waals surface area contributed by atoms with Gasteiger partial charge in [-0.25, -0.2) is 4.79 Å². The first kappa shape index (κ1) is 16.3. The molecule has 0 fully saturated rings. The van der Waals surface area contributed by atoms with Crippen molar-refractivity contribution in [1.29, 1.82) is 0 Å². The van der Waals surface area contributed by atoms with Crippen molar-refractivity contribution in [2.45, 2.75) is 45.8 Å². The highest BCUT2D eigenvalue weighted by Crippen LogP contribution is 2.29. The average Bonchev–Trinajstić information content (AvgIpc) is 2.29. The fraction of sp³-hybridized carbons (Fsp3) is 0.533. The molecule has 0 aliphatic carbocycles. The highest BCUT2D eigenvalue weighted by Gasteiger charge is 2.20. The lowest BCUT2D eigenvalue weighted by atomic mass is 9.94. The number of nitrogens with one attached hydrogen (secondary N) is 2. The van der Waals surface area contributed by atoms with Crippen LogP contribution >= 0.6 is 0 Å². The molecule has 5 heteroatoms. The van der Waals surface area contributed by atoms with Crippen molar-refractivity contribution in [3.8, 4) is 5.75 Å². The third kappa shape index (κ3) is 4.42. The summed E-state index contributed by atoms with van der Waals surface area (Å²) in [5, 5.41) is 15.7. The largest absolute Gasteiger partial charge is 0.506 e. The molecule has 0 saturated heterocycles. The van der Waals surface area contributed by atoms with Gasteiger partial charge in [0.05, 0.1) is 5.69 Å². The molecule has 0 aromatic heterocycles. The van der Waals surface area contributed by atoms with Gasteiger partial charge in [0.1, 0.15) is 11.4 Å². The van der Waals surface area contributed by atoms with Crippen LogP contribution in [0, 0.1) is 0 Å². The van der Waals surface area contributed by atoms with Crippen LogP contribution in [0.5, 0.6) is 5.75 Å². The molecule has 0 bridgehead atoms. The lowest BCUT2D eigenvalue weighted by Crippen LogP contribution is -2.33. The van der Waals surface area contributed by atoms with Crippen molar-refractivity contribution in [3.05, 3.63) is 23.8 Å². The highest BCUT2D eigenvalue weighted by atomic mass is 16.6. The normalized spacial score (nSPS) is 12.1. The predicted molar refractivity (Wildman–Crippen MR) is 80.0 cm³/mol. The Morgan fingerprint density at radius 3 is 2.25 bits per heavy atom. The van der Waals surface area contributed by atoms with E-state index in [-0.39, 0.29) is 11.3 Å². The van der Waals surface area contributed by atoms with E-state index in [0.717, 1.165) is 5.56 Å².